The molecule has 0 fully saturated rings. The van der Waals surface area contributed by atoms with Crippen molar-refractivity contribution < 1.29 is 18.7 Å². The van der Waals surface area contributed by atoms with Crippen LogP contribution in [-0.4, -0.2) is 23.5 Å². The zero-order chi connectivity index (χ0) is 19.9. The van der Waals surface area contributed by atoms with Gasteiger partial charge in [-0.25, -0.2) is 14.2 Å². The van der Waals surface area contributed by atoms with Crippen LogP contribution in [0.4, 0.5) is 21.5 Å². The van der Waals surface area contributed by atoms with Gasteiger partial charge in [0.1, 0.15) is 11.5 Å². The smallest absolute Gasteiger partial charge is 0.340 e. The molecule has 6 nitrogen and oxygen atoms in total. The lowest BCUT2D eigenvalue weighted by atomic mass is 10.1. The van der Waals surface area contributed by atoms with Gasteiger partial charge < -0.3 is 15.4 Å². The van der Waals surface area contributed by atoms with Gasteiger partial charge >= 0.3 is 5.97 Å². The van der Waals surface area contributed by atoms with Crippen LogP contribution >= 0.6 is 0 Å². The SMILES string of the molecule is CCOC(=O)c1ccccc1Nc1ccc(C(=O)Nc2cccc(F)c2)nc1. The number of benzene rings is 2. The van der Waals surface area contributed by atoms with E-state index in [1.807, 2.05) is 0 Å². The van der Waals surface area contributed by atoms with Crippen molar-refractivity contribution in [1.82, 2.24) is 4.98 Å². The van der Waals surface area contributed by atoms with Crippen LogP contribution in [0.5, 0.6) is 0 Å². The number of hydrogen-bond acceptors (Lipinski definition) is 5. The minimum Gasteiger partial charge on any atom is -0.462 e. The highest BCUT2D eigenvalue weighted by atomic mass is 19.1. The number of pyridine rings is 1. The van der Waals surface area contributed by atoms with E-state index >= 15 is 0 Å². The second-order valence-corrected chi connectivity index (χ2v) is 5.79. The molecule has 0 aliphatic carbocycles. The van der Waals surface area contributed by atoms with E-state index in [-0.39, 0.29) is 12.3 Å². The molecule has 0 unspecified atom stereocenters. The number of nitrogens with zero attached hydrogens (tertiary/aromatic N) is 1. The topological polar surface area (TPSA) is 80.3 Å². The quantitative estimate of drug-likeness (QED) is 0.621. The molecule has 1 aromatic heterocycles. The number of esters is 1. The van der Waals surface area contributed by atoms with Gasteiger partial charge in [0.05, 0.1) is 29.7 Å². The lowest BCUT2D eigenvalue weighted by Gasteiger charge is -2.11. The summed E-state index contributed by atoms with van der Waals surface area (Å²) in [6, 6.07) is 15.7. The summed E-state index contributed by atoms with van der Waals surface area (Å²) in [5.41, 5.74) is 2.09. The molecule has 0 spiro atoms. The van der Waals surface area contributed by atoms with Crippen LogP contribution in [0.25, 0.3) is 0 Å². The Kier molecular flexibility index (Phi) is 5.96. The molecule has 7 heteroatoms. The molecule has 0 aliphatic rings. The predicted molar refractivity (Wildman–Crippen MR) is 104 cm³/mol. The van der Waals surface area contributed by atoms with Gasteiger partial charge in [0.15, 0.2) is 0 Å². The normalized spacial score (nSPS) is 10.2. The van der Waals surface area contributed by atoms with E-state index in [1.165, 1.54) is 30.5 Å². The number of carbonyl (C=O) groups is 2. The highest BCUT2D eigenvalue weighted by Gasteiger charge is 2.13. The van der Waals surface area contributed by atoms with E-state index in [0.29, 0.717) is 22.6 Å². The molecule has 3 aromatic rings. The molecule has 0 aliphatic heterocycles. The van der Waals surface area contributed by atoms with Crippen molar-refractivity contribution in [3.63, 3.8) is 0 Å². The molecule has 0 bridgehead atoms. The molecule has 1 amide bonds. The molecule has 28 heavy (non-hydrogen) atoms. The first-order chi connectivity index (χ1) is 13.6. The Morgan fingerprint density at radius 3 is 2.57 bits per heavy atom. The number of carbonyl (C=O) groups excluding carboxylic acids is 2. The molecule has 142 valence electrons. The third-order valence-corrected chi connectivity index (χ3v) is 3.78. The lowest BCUT2D eigenvalue weighted by Crippen LogP contribution is -2.13. The number of halogens is 1. The Bertz CT molecular complexity index is 990. The second kappa shape index (κ2) is 8.77. The fourth-order valence-corrected chi connectivity index (χ4v) is 2.50. The molecule has 0 saturated heterocycles. The minimum atomic E-state index is -0.455. The standard InChI is InChI=1S/C21H18FN3O3/c1-2-28-21(27)17-8-3-4-9-18(17)24-16-10-11-19(23-13-16)20(26)25-15-7-5-6-14(22)12-15/h3-13,24H,2H2,1H3,(H,25,26). The van der Waals surface area contributed by atoms with E-state index in [9.17, 15) is 14.0 Å². The summed E-state index contributed by atoms with van der Waals surface area (Å²) in [5, 5.41) is 5.67. The Morgan fingerprint density at radius 1 is 1.04 bits per heavy atom. The molecule has 0 saturated carbocycles. The predicted octanol–water partition coefficient (Wildman–Crippen LogP) is 4.39. The van der Waals surface area contributed by atoms with Crippen molar-refractivity contribution in [3.8, 4) is 0 Å². The van der Waals surface area contributed by atoms with Crippen molar-refractivity contribution >= 4 is 28.9 Å². The number of rotatable bonds is 6. The van der Waals surface area contributed by atoms with Gasteiger partial charge in [0.2, 0.25) is 0 Å². The Labute approximate surface area is 161 Å². The van der Waals surface area contributed by atoms with Crippen molar-refractivity contribution in [2.45, 2.75) is 6.92 Å². The lowest BCUT2D eigenvalue weighted by molar-refractivity contribution is 0.0527. The molecular weight excluding hydrogens is 361 g/mol. The average Bonchev–Trinajstić information content (AvgIpc) is 2.69. The average molecular weight is 379 g/mol. The summed E-state index contributed by atoms with van der Waals surface area (Å²) >= 11 is 0. The van der Waals surface area contributed by atoms with Crippen LogP contribution in [0, 0.1) is 5.82 Å². The number of para-hydroxylation sites is 1. The number of nitrogens with one attached hydrogen (secondary N) is 2. The summed E-state index contributed by atoms with van der Waals surface area (Å²) in [6.45, 7) is 2.02. The Hall–Kier alpha value is -3.74. The Balaban J connectivity index is 1.71. The highest BCUT2D eigenvalue weighted by Crippen LogP contribution is 2.21. The van der Waals surface area contributed by atoms with Gasteiger partial charge in [0, 0.05) is 5.69 Å². The van der Waals surface area contributed by atoms with Crippen LogP contribution in [-0.2, 0) is 4.74 Å². The van der Waals surface area contributed by atoms with Gasteiger partial charge in [-0.3, -0.25) is 4.79 Å². The van der Waals surface area contributed by atoms with Crippen molar-refractivity contribution in [2.24, 2.45) is 0 Å². The molecule has 0 atom stereocenters. The fraction of sp³-hybridized carbons (Fsp3) is 0.0952. The third kappa shape index (κ3) is 4.70. The summed E-state index contributed by atoms with van der Waals surface area (Å²) in [6.07, 6.45) is 1.47. The summed E-state index contributed by atoms with van der Waals surface area (Å²) < 4.78 is 18.3. The van der Waals surface area contributed by atoms with Gasteiger partial charge in [-0.05, 0) is 49.4 Å². The van der Waals surface area contributed by atoms with E-state index < -0.39 is 17.7 Å². The van der Waals surface area contributed by atoms with Crippen LogP contribution < -0.4 is 10.6 Å². The maximum Gasteiger partial charge on any atom is 0.340 e. The van der Waals surface area contributed by atoms with E-state index in [4.69, 9.17) is 4.74 Å². The molecule has 1 heterocycles. The van der Waals surface area contributed by atoms with E-state index in [1.54, 1.807) is 43.3 Å². The molecule has 0 radical (unpaired) electrons. The summed E-state index contributed by atoms with van der Waals surface area (Å²) in [7, 11) is 0. The van der Waals surface area contributed by atoms with Crippen molar-refractivity contribution in [3.05, 3.63) is 83.9 Å². The molecule has 3 rings (SSSR count). The van der Waals surface area contributed by atoms with Crippen LogP contribution in [0.1, 0.15) is 27.8 Å². The van der Waals surface area contributed by atoms with Crippen molar-refractivity contribution in [2.75, 3.05) is 17.2 Å². The minimum absolute atomic E-state index is 0.175. The fourth-order valence-electron chi connectivity index (χ4n) is 2.50. The van der Waals surface area contributed by atoms with Crippen LogP contribution in [0.15, 0.2) is 66.9 Å². The highest BCUT2D eigenvalue weighted by molar-refractivity contribution is 6.03. The maximum absolute atomic E-state index is 13.2. The van der Waals surface area contributed by atoms with Crippen LogP contribution in [0.2, 0.25) is 0 Å². The summed E-state index contributed by atoms with van der Waals surface area (Å²) in [4.78, 5) is 28.4. The van der Waals surface area contributed by atoms with E-state index in [0.717, 1.165) is 0 Å². The first-order valence-corrected chi connectivity index (χ1v) is 8.63. The van der Waals surface area contributed by atoms with Gasteiger partial charge in [-0.15, -0.1) is 0 Å². The van der Waals surface area contributed by atoms with Crippen molar-refractivity contribution in [1.29, 1.82) is 0 Å². The third-order valence-electron chi connectivity index (χ3n) is 3.78. The van der Waals surface area contributed by atoms with Gasteiger partial charge in [0.25, 0.3) is 5.91 Å². The number of amides is 1. The monoisotopic (exact) mass is 379 g/mol. The number of hydrogen-bond donors (Lipinski definition) is 2. The largest absolute Gasteiger partial charge is 0.462 e. The zero-order valence-electron chi connectivity index (χ0n) is 15.1. The number of ether oxygens (including phenoxy) is 1. The van der Waals surface area contributed by atoms with Crippen LogP contribution in [0.3, 0.4) is 0 Å². The van der Waals surface area contributed by atoms with Gasteiger partial charge in [-0.2, -0.15) is 0 Å². The second-order valence-electron chi connectivity index (χ2n) is 5.79. The Morgan fingerprint density at radius 2 is 1.86 bits per heavy atom. The molecule has 2 aromatic carbocycles. The first kappa shape index (κ1) is 19.0. The summed E-state index contributed by atoms with van der Waals surface area (Å²) in [5.74, 6) is -1.32. The molecule has 2 N–H and O–H groups in total. The first-order valence-electron chi connectivity index (χ1n) is 8.63. The molecular formula is C21H18FN3O3. The van der Waals surface area contributed by atoms with E-state index in [2.05, 4.69) is 15.6 Å². The van der Waals surface area contributed by atoms with Gasteiger partial charge in [-0.1, -0.05) is 18.2 Å². The number of aromatic nitrogens is 1. The maximum atomic E-state index is 13.2. The zero-order valence-corrected chi connectivity index (χ0v) is 15.1. The number of anilines is 3.